The zero-order chi connectivity index (χ0) is 14.1. The van der Waals surface area contributed by atoms with Crippen molar-refractivity contribution >= 4 is 64.4 Å². The van der Waals surface area contributed by atoms with Gasteiger partial charge in [0, 0.05) is 37.1 Å². The smallest absolute Gasteiger partial charge is 0.0632 e. The Kier molecular flexibility index (Phi) is 4.19. The van der Waals surface area contributed by atoms with E-state index in [1.54, 1.807) is 0 Å². The second kappa shape index (κ2) is 5.92. The van der Waals surface area contributed by atoms with Crippen LogP contribution in [0.25, 0.3) is 10.9 Å². The molecule has 2 N–H and O–H groups in total. The number of fused-ring (bicyclic) bond motifs is 1. The minimum Gasteiger partial charge on any atom is -0.379 e. The van der Waals surface area contributed by atoms with Crippen LogP contribution < -0.4 is 5.32 Å². The molecule has 5 heteroatoms. The number of nitrogens with one attached hydrogen (secondary N) is 2. The van der Waals surface area contributed by atoms with E-state index in [9.17, 15) is 0 Å². The van der Waals surface area contributed by atoms with Crippen LogP contribution in [0.5, 0.6) is 0 Å². The number of benzene rings is 2. The maximum atomic E-state index is 3.58. The van der Waals surface area contributed by atoms with E-state index in [0.29, 0.717) is 0 Å². The highest BCUT2D eigenvalue weighted by molar-refractivity contribution is 9.11. The number of hydrogen-bond acceptors (Lipinski definition) is 1. The van der Waals surface area contributed by atoms with Crippen LogP contribution in [0, 0.1) is 0 Å². The van der Waals surface area contributed by atoms with Crippen LogP contribution >= 0.6 is 47.8 Å². The Morgan fingerprint density at radius 3 is 2.45 bits per heavy atom. The number of anilines is 1. The Hall–Kier alpha value is -0.780. The fourth-order valence-corrected chi connectivity index (χ4v) is 4.71. The molecule has 0 aliphatic heterocycles. The van der Waals surface area contributed by atoms with Gasteiger partial charge >= 0.3 is 0 Å². The molecular formula is C15H11Br3N2. The largest absolute Gasteiger partial charge is 0.379 e. The second-order valence-corrected chi connectivity index (χ2v) is 7.08. The SMILES string of the molecule is Brc1cc(Br)c(NCc2c[nH]c3ccccc23)c(Br)c1. The van der Waals surface area contributed by atoms with Crippen molar-refractivity contribution in [2.45, 2.75) is 6.54 Å². The van der Waals surface area contributed by atoms with Crippen LogP contribution in [0.4, 0.5) is 5.69 Å². The summed E-state index contributed by atoms with van der Waals surface area (Å²) in [6.07, 6.45) is 2.05. The Morgan fingerprint density at radius 2 is 1.70 bits per heavy atom. The van der Waals surface area contributed by atoms with Crippen molar-refractivity contribution < 1.29 is 0 Å². The number of aromatic amines is 1. The molecule has 0 radical (unpaired) electrons. The van der Waals surface area contributed by atoms with Crippen molar-refractivity contribution in [1.82, 2.24) is 4.98 Å². The molecule has 0 amide bonds. The maximum absolute atomic E-state index is 3.58. The summed E-state index contributed by atoms with van der Waals surface area (Å²) in [5.74, 6) is 0. The van der Waals surface area contributed by atoms with Crippen molar-refractivity contribution in [3.05, 3.63) is 61.6 Å². The van der Waals surface area contributed by atoms with Gasteiger partial charge in [0.25, 0.3) is 0 Å². The molecule has 2 aromatic carbocycles. The van der Waals surface area contributed by atoms with Crippen LogP contribution in [0.3, 0.4) is 0 Å². The number of halogens is 3. The van der Waals surface area contributed by atoms with Gasteiger partial charge in [-0.05, 0) is 55.6 Å². The average Bonchev–Trinajstić information content (AvgIpc) is 2.81. The lowest BCUT2D eigenvalue weighted by Gasteiger charge is -2.11. The number of aromatic nitrogens is 1. The summed E-state index contributed by atoms with van der Waals surface area (Å²) in [6, 6.07) is 12.4. The van der Waals surface area contributed by atoms with Crippen molar-refractivity contribution in [2.24, 2.45) is 0 Å². The van der Waals surface area contributed by atoms with Gasteiger partial charge in [0.2, 0.25) is 0 Å². The highest BCUT2D eigenvalue weighted by Crippen LogP contribution is 2.34. The molecule has 0 bridgehead atoms. The lowest BCUT2D eigenvalue weighted by atomic mass is 10.2. The molecule has 0 unspecified atom stereocenters. The molecule has 3 rings (SSSR count). The Balaban J connectivity index is 1.87. The summed E-state index contributed by atoms with van der Waals surface area (Å²) in [5, 5.41) is 4.72. The molecule has 3 aromatic rings. The predicted octanol–water partition coefficient (Wildman–Crippen LogP) is 6.07. The first-order valence-corrected chi connectivity index (χ1v) is 8.46. The van der Waals surface area contributed by atoms with E-state index in [2.05, 4.69) is 82.5 Å². The van der Waals surface area contributed by atoms with Gasteiger partial charge in [0.15, 0.2) is 0 Å². The second-order valence-electron chi connectivity index (χ2n) is 4.46. The van der Waals surface area contributed by atoms with Crippen LogP contribution in [0.2, 0.25) is 0 Å². The summed E-state index contributed by atoms with van der Waals surface area (Å²) in [6.45, 7) is 0.767. The molecule has 0 saturated carbocycles. The highest BCUT2D eigenvalue weighted by atomic mass is 79.9. The standard InChI is InChI=1S/C15H11Br3N2/c16-10-5-12(17)15(13(18)6-10)20-8-9-7-19-14-4-2-1-3-11(9)14/h1-7,19-20H,8H2. The molecule has 0 atom stereocenters. The predicted molar refractivity (Wildman–Crippen MR) is 95.2 cm³/mol. The van der Waals surface area contributed by atoms with Crippen LogP contribution in [0.1, 0.15) is 5.56 Å². The normalized spacial score (nSPS) is 10.9. The number of hydrogen-bond donors (Lipinski definition) is 2. The third kappa shape index (κ3) is 2.80. The van der Waals surface area contributed by atoms with Gasteiger partial charge < -0.3 is 10.3 Å². The van der Waals surface area contributed by atoms with E-state index in [4.69, 9.17) is 0 Å². The van der Waals surface area contributed by atoms with E-state index in [1.807, 2.05) is 18.2 Å². The van der Waals surface area contributed by atoms with Crippen LogP contribution in [0.15, 0.2) is 56.0 Å². The van der Waals surface area contributed by atoms with Gasteiger partial charge in [-0.25, -0.2) is 0 Å². The third-order valence-electron chi connectivity index (χ3n) is 3.14. The Morgan fingerprint density at radius 1 is 1.00 bits per heavy atom. The Bertz CT molecular complexity index is 742. The van der Waals surface area contributed by atoms with E-state index >= 15 is 0 Å². The van der Waals surface area contributed by atoms with Crippen LogP contribution in [-0.4, -0.2) is 4.98 Å². The summed E-state index contributed by atoms with van der Waals surface area (Å²) in [4.78, 5) is 3.29. The first kappa shape index (κ1) is 14.2. The van der Waals surface area contributed by atoms with Crippen molar-refractivity contribution in [3.8, 4) is 0 Å². The lowest BCUT2D eigenvalue weighted by Crippen LogP contribution is -2.00. The highest BCUT2D eigenvalue weighted by Gasteiger charge is 2.08. The fourth-order valence-electron chi connectivity index (χ4n) is 2.17. The van der Waals surface area contributed by atoms with E-state index in [0.717, 1.165) is 25.7 Å². The van der Waals surface area contributed by atoms with E-state index < -0.39 is 0 Å². The van der Waals surface area contributed by atoms with Gasteiger partial charge in [-0.2, -0.15) is 0 Å². The molecule has 1 heterocycles. The van der Waals surface area contributed by atoms with E-state index in [1.165, 1.54) is 16.5 Å². The molecule has 0 aliphatic carbocycles. The number of para-hydroxylation sites is 1. The zero-order valence-corrected chi connectivity index (χ0v) is 15.1. The van der Waals surface area contributed by atoms with Gasteiger partial charge in [0.05, 0.1) is 5.69 Å². The van der Waals surface area contributed by atoms with Crippen molar-refractivity contribution in [1.29, 1.82) is 0 Å². The summed E-state index contributed by atoms with van der Waals surface area (Å²) >= 11 is 10.6. The summed E-state index contributed by atoms with van der Waals surface area (Å²) in [5.41, 5.74) is 3.47. The first-order valence-electron chi connectivity index (χ1n) is 6.08. The number of H-pyrrole nitrogens is 1. The molecular weight excluding hydrogens is 448 g/mol. The maximum Gasteiger partial charge on any atom is 0.0632 e. The molecule has 0 spiro atoms. The molecule has 102 valence electrons. The Labute approximate surface area is 142 Å². The minimum absolute atomic E-state index is 0.767. The van der Waals surface area contributed by atoms with Gasteiger partial charge in [-0.15, -0.1) is 0 Å². The van der Waals surface area contributed by atoms with Crippen molar-refractivity contribution in [2.75, 3.05) is 5.32 Å². The molecule has 1 aromatic heterocycles. The zero-order valence-electron chi connectivity index (χ0n) is 10.4. The molecule has 0 aliphatic rings. The van der Waals surface area contributed by atoms with E-state index in [-0.39, 0.29) is 0 Å². The molecule has 2 nitrogen and oxygen atoms in total. The summed E-state index contributed by atoms with van der Waals surface area (Å²) < 4.78 is 3.09. The average molecular weight is 459 g/mol. The van der Waals surface area contributed by atoms with Gasteiger partial charge in [0.1, 0.15) is 0 Å². The third-order valence-corrected chi connectivity index (χ3v) is 4.85. The fraction of sp³-hybridized carbons (Fsp3) is 0.0667. The monoisotopic (exact) mass is 456 g/mol. The topological polar surface area (TPSA) is 27.8 Å². The molecule has 0 saturated heterocycles. The quantitative estimate of drug-likeness (QED) is 0.490. The van der Waals surface area contributed by atoms with Crippen molar-refractivity contribution in [3.63, 3.8) is 0 Å². The van der Waals surface area contributed by atoms with Gasteiger partial charge in [-0.1, -0.05) is 34.1 Å². The lowest BCUT2D eigenvalue weighted by molar-refractivity contribution is 1.15. The molecule has 0 fully saturated rings. The number of rotatable bonds is 3. The van der Waals surface area contributed by atoms with Crippen LogP contribution in [-0.2, 0) is 6.54 Å². The van der Waals surface area contributed by atoms with Gasteiger partial charge in [-0.3, -0.25) is 0 Å². The molecule has 20 heavy (non-hydrogen) atoms. The minimum atomic E-state index is 0.767. The first-order chi connectivity index (χ1) is 9.65. The summed E-state index contributed by atoms with van der Waals surface area (Å²) in [7, 11) is 0.